The standard InChI is InChI=1S/C29H46N4O6/c1-5-11-31(12-6-2)25(35)22-23-26(36)33(16-19-34)24(29(23)10-9-28(22,8-4)39-29)27(37)32(13-7-3)15-14-30-17-20-38-21-18-30/h5,7,22-24,34H,1,3,6,8-21H2,2,4H3/t22-,23+,24?,28+,29?/m1/s1. The smallest absolute Gasteiger partial charge is 0.248 e. The number of nitrogens with zero attached hydrogens (tertiary/aromatic N) is 4. The summed E-state index contributed by atoms with van der Waals surface area (Å²) in [6.07, 6.45) is 5.91. The Morgan fingerprint density at radius 3 is 2.31 bits per heavy atom. The summed E-state index contributed by atoms with van der Waals surface area (Å²) in [7, 11) is 0. The average molecular weight is 547 g/mol. The van der Waals surface area contributed by atoms with Gasteiger partial charge in [0.2, 0.25) is 17.7 Å². The predicted octanol–water partition coefficient (Wildman–Crippen LogP) is 0.905. The Balaban J connectivity index is 1.68. The summed E-state index contributed by atoms with van der Waals surface area (Å²) in [4.78, 5) is 49.8. The number of hydrogen-bond acceptors (Lipinski definition) is 7. The number of hydrogen-bond donors (Lipinski definition) is 1. The van der Waals surface area contributed by atoms with Crippen LogP contribution in [-0.4, -0.2) is 132 Å². The maximum atomic E-state index is 14.3. The highest BCUT2D eigenvalue weighted by Crippen LogP contribution is 2.64. The van der Waals surface area contributed by atoms with E-state index < -0.39 is 29.1 Å². The van der Waals surface area contributed by atoms with Crippen molar-refractivity contribution in [3.8, 4) is 0 Å². The molecule has 4 saturated heterocycles. The molecule has 4 aliphatic heterocycles. The third-order valence-electron chi connectivity index (χ3n) is 9.13. The molecule has 3 amide bonds. The molecule has 218 valence electrons. The Bertz CT molecular complexity index is 939. The number of likely N-dealkylation sites (tertiary alicyclic amines) is 1. The summed E-state index contributed by atoms with van der Waals surface area (Å²) in [6.45, 7) is 16.9. The van der Waals surface area contributed by atoms with Gasteiger partial charge in [-0.05, 0) is 25.7 Å². The van der Waals surface area contributed by atoms with E-state index >= 15 is 0 Å². The molecule has 0 aromatic rings. The number of amides is 3. The van der Waals surface area contributed by atoms with E-state index in [-0.39, 0.29) is 30.9 Å². The van der Waals surface area contributed by atoms with Crippen LogP contribution in [0.3, 0.4) is 0 Å². The van der Waals surface area contributed by atoms with Crippen molar-refractivity contribution in [2.24, 2.45) is 11.8 Å². The molecule has 1 spiro atoms. The molecular formula is C29H46N4O6. The molecule has 1 N–H and O–H groups in total. The van der Waals surface area contributed by atoms with Gasteiger partial charge in [-0.15, -0.1) is 13.2 Å². The lowest BCUT2D eigenvalue weighted by Crippen LogP contribution is -2.57. The van der Waals surface area contributed by atoms with Crippen molar-refractivity contribution in [1.29, 1.82) is 0 Å². The zero-order chi connectivity index (χ0) is 28.2. The molecule has 4 rings (SSSR count). The zero-order valence-corrected chi connectivity index (χ0v) is 23.7. The molecule has 4 heterocycles. The maximum Gasteiger partial charge on any atom is 0.248 e. The van der Waals surface area contributed by atoms with Crippen LogP contribution < -0.4 is 0 Å². The lowest BCUT2D eigenvalue weighted by Gasteiger charge is -2.37. The Hall–Kier alpha value is -2.27. The minimum absolute atomic E-state index is 0.0214. The molecule has 2 bridgehead atoms. The van der Waals surface area contributed by atoms with Crippen molar-refractivity contribution in [3.05, 3.63) is 25.3 Å². The average Bonchev–Trinajstić information content (AvgIpc) is 3.55. The minimum atomic E-state index is -1.09. The highest BCUT2D eigenvalue weighted by atomic mass is 16.5. The van der Waals surface area contributed by atoms with E-state index in [0.29, 0.717) is 65.2 Å². The van der Waals surface area contributed by atoms with Crippen LogP contribution in [0.5, 0.6) is 0 Å². The summed E-state index contributed by atoms with van der Waals surface area (Å²) in [5.41, 5.74) is -1.88. The van der Waals surface area contributed by atoms with Gasteiger partial charge in [-0.25, -0.2) is 0 Å². The van der Waals surface area contributed by atoms with Crippen LogP contribution in [0.25, 0.3) is 0 Å². The molecule has 0 aliphatic carbocycles. The molecule has 2 unspecified atom stereocenters. The van der Waals surface area contributed by atoms with E-state index in [4.69, 9.17) is 9.47 Å². The van der Waals surface area contributed by atoms with Gasteiger partial charge < -0.3 is 29.3 Å². The van der Waals surface area contributed by atoms with Gasteiger partial charge in [0.25, 0.3) is 0 Å². The number of rotatable bonds is 14. The van der Waals surface area contributed by atoms with Gasteiger partial charge in [-0.2, -0.15) is 0 Å². The van der Waals surface area contributed by atoms with Crippen LogP contribution in [0, 0.1) is 11.8 Å². The predicted molar refractivity (Wildman–Crippen MR) is 147 cm³/mol. The second-order valence-electron chi connectivity index (χ2n) is 11.2. The van der Waals surface area contributed by atoms with Crippen LogP contribution in [-0.2, 0) is 23.9 Å². The summed E-state index contributed by atoms with van der Waals surface area (Å²) in [5.74, 6) is -2.00. The number of ether oxygens (including phenoxy) is 2. The lowest BCUT2D eigenvalue weighted by atomic mass is 9.64. The van der Waals surface area contributed by atoms with E-state index in [1.807, 2.05) is 13.8 Å². The lowest BCUT2D eigenvalue weighted by molar-refractivity contribution is -0.155. The molecule has 0 radical (unpaired) electrons. The highest BCUT2D eigenvalue weighted by molar-refractivity contribution is 5.99. The maximum absolute atomic E-state index is 14.3. The molecule has 0 aromatic carbocycles. The van der Waals surface area contributed by atoms with Crippen molar-refractivity contribution in [2.75, 3.05) is 72.2 Å². The Morgan fingerprint density at radius 1 is 1.05 bits per heavy atom. The third-order valence-corrected chi connectivity index (χ3v) is 9.13. The minimum Gasteiger partial charge on any atom is -0.395 e. The third kappa shape index (κ3) is 5.16. The number of β-amino-alcohol motifs (C(OH)–C–C–N with tert-alkyl or cyclic N) is 1. The SMILES string of the molecule is C=CCN(CCN1CCOCC1)C(=O)C1N(CCO)C(=O)[C@@H]2[C@H](C(=O)N(CC=C)CCC)[C@]3(CC)CCC12O3. The fourth-order valence-electron chi connectivity index (χ4n) is 7.34. The molecule has 10 nitrogen and oxygen atoms in total. The fourth-order valence-corrected chi connectivity index (χ4v) is 7.34. The number of aliphatic hydroxyl groups excluding tert-OH is 1. The Kier molecular flexibility index (Phi) is 9.52. The van der Waals surface area contributed by atoms with E-state index in [9.17, 15) is 19.5 Å². The van der Waals surface area contributed by atoms with E-state index in [2.05, 4.69) is 18.1 Å². The van der Waals surface area contributed by atoms with E-state index in [1.54, 1.807) is 22.0 Å². The van der Waals surface area contributed by atoms with Crippen LogP contribution in [0.1, 0.15) is 39.5 Å². The van der Waals surface area contributed by atoms with Crippen LogP contribution in [0.4, 0.5) is 0 Å². The number of carbonyl (C=O) groups is 3. The molecular weight excluding hydrogens is 500 g/mol. The second-order valence-corrected chi connectivity index (χ2v) is 11.2. The normalized spacial score (nSPS) is 31.8. The van der Waals surface area contributed by atoms with Gasteiger partial charge in [0.05, 0.1) is 37.3 Å². The van der Waals surface area contributed by atoms with Crippen LogP contribution >= 0.6 is 0 Å². The van der Waals surface area contributed by atoms with Crippen molar-refractivity contribution in [1.82, 2.24) is 19.6 Å². The fraction of sp³-hybridized carbons (Fsp3) is 0.759. The Morgan fingerprint density at radius 2 is 1.72 bits per heavy atom. The largest absolute Gasteiger partial charge is 0.395 e. The highest BCUT2D eigenvalue weighted by Gasteiger charge is 2.79. The van der Waals surface area contributed by atoms with Gasteiger partial charge in [-0.3, -0.25) is 19.3 Å². The van der Waals surface area contributed by atoms with Crippen molar-refractivity contribution >= 4 is 17.7 Å². The van der Waals surface area contributed by atoms with Crippen LogP contribution in [0.2, 0.25) is 0 Å². The van der Waals surface area contributed by atoms with Crippen molar-refractivity contribution in [2.45, 2.75) is 56.8 Å². The topological polar surface area (TPSA) is 103 Å². The van der Waals surface area contributed by atoms with E-state index in [1.165, 1.54) is 4.90 Å². The first-order chi connectivity index (χ1) is 18.8. The molecule has 4 aliphatic rings. The van der Waals surface area contributed by atoms with Crippen molar-refractivity contribution in [3.63, 3.8) is 0 Å². The molecule has 0 saturated carbocycles. The summed E-state index contributed by atoms with van der Waals surface area (Å²) < 4.78 is 12.3. The summed E-state index contributed by atoms with van der Waals surface area (Å²) >= 11 is 0. The number of carbonyl (C=O) groups excluding carboxylic acids is 3. The molecule has 10 heteroatoms. The van der Waals surface area contributed by atoms with Gasteiger partial charge in [-0.1, -0.05) is 26.0 Å². The quantitative estimate of drug-likeness (QED) is 0.323. The Labute approximate surface area is 232 Å². The summed E-state index contributed by atoms with van der Waals surface area (Å²) in [5, 5.41) is 9.91. The van der Waals surface area contributed by atoms with Gasteiger partial charge in [0, 0.05) is 52.4 Å². The van der Waals surface area contributed by atoms with Gasteiger partial charge in [0.1, 0.15) is 11.6 Å². The van der Waals surface area contributed by atoms with E-state index in [0.717, 1.165) is 19.5 Å². The van der Waals surface area contributed by atoms with Gasteiger partial charge in [0.15, 0.2) is 0 Å². The monoisotopic (exact) mass is 546 g/mol. The first kappa shape index (κ1) is 29.7. The van der Waals surface area contributed by atoms with Gasteiger partial charge >= 0.3 is 0 Å². The first-order valence-electron chi connectivity index (χ1n) is 14.5. The number of fused-ring (bicyclic) bond motifs is 1. The molecule has 39 heavy (non-hydrogen) atoms. The molecule has 4 fully saturated rings. The first-order valence-corrected chi connectivity index (χ1v) is 14.5. The van der Waals surface area contributed by atoms with Crippen molar-refractivity contribution < 1.29 is 29.0 Å². The number of morpholine rings is 1. The van der Waals surface area contributed by atoms with Crippen LogP contribution in [0.15, 0.2) is 25.3 Å². The zero-order valence-electron chi connectivity index (χ0n) is 23.7. The second kappa shape index (κ2) is 12.5. The molecule has 0 aromatic heterocycles. The summed E-state index contributed by atoms with van der Waals surface area (Å²) in [6, 6.07) is -0.892. The number of aliphatic hydroxyl groups is 1. The molecule has 5 atom stereocenters.